The second kappa shape index (κ2) is 6.61. The summed E-state index contributed by atoms with van der Waals surface area (Å²) in [7, 11) is 3.36. The monoisotopic (exact) mass is 291 g/mol. The highest BCUT2D eigenvalue weighted by molar-refractivity contribution is 5.94. The lowest BCUT2D eigenvalue weighted by molar-refractivity contribution is -0.143. The molecule has 0 heterocycles. The van der Waals surface area contributed by atoms with Crippen molar-refractivity contribution < 1.29 is 19.4 Å². The number of ether oxygens (including phenoxy) is 1. The Balaban J connectivity index is 1.97. The van der Waals surface area contributed by atoms with E-state index in [0.29, 0.717) is 25.7 Å². The quantitative estimate of drug-likeness (QED) is 0.925. The highest BCUT2D eigenvalue weighted by atomic mass is 16.5. The summed E-state index contributed by atoms with van der Waals surface area (Å²) in [6.45, 7) is 0. The average Bonchev–Trinajstić information content (AvgIpc) is 2.53. The van der Waals surface area contributed by atoms with Gasteiger partial charge in [-0.1, -0.05) is 0 Å². The maximum absolute atomic E-state index is 12.5. The summed E-state index contributed by atoms with van der Waals surface area (Å²) in [6.07, 6.45) is 2.47. The zero-order valence-corrected chi connectivity index (χ0v) is 12.4. The summed E-state index contributed by atoms with van der Waals surface area (Å²) >= 11 is 0. The van der Waals surface area contributed by atoms with Crippen molar-refractivity contribution in [3.63, 3.8) is 0 Å². The van der Waals surface area contributed by atoms with E-state index in [4.69, 9.17) is 9.84 Å². The van der Waals surface area contributed by atoms with Gasteiger partial charge in [0.15, 0.2) is 0 Å². The fourth-order valence-electron chi connectivity index (χ4n) is 2.79. The van der Waals surface area contributed by atoms with Gasteiger partial charge in [0, 0.05) is 18.7 Å². The lowest BCUT2D eigenvalue weighted by Crippen LogP contribution is -2.35. The van der Waals surface area contributed by atoms with E-state index in [0.717, 1.165) is 11.4 Å². The van der Waals surface area contributed by atoms with Gasteiger partial charge < -0.3 is 14.7 Å². The summed E-state index contributed by atoms with van der Waals surface area (Å²) in [4.78, 5) is 25.1. The molecule has 21 heavy (non-hydrogen) atoms. The first kappa shape index (κ1) is 15.4. The van der Waals surface area contributed by atoms with Crippen molar-refractivity contribution in [1.29, 1.82) is 0 Å². The number of hydrogen-bond acceptors (Lipinski definition) is 3. The molecule has 0 saturated heterocycles. The molecule has 2 rings (SSSR count). The van der Waals surface area contributed by atoms with Crippen LogP contribution in [0.5, 0.6) is 5.75 Å². The van der Waals surface area contributed by atoms with E-state index in [-0.39, 0.29) is 17.7 Å². The molecular formula is C16H21NO4. The summed E-state index contributed by atoms with van der Waals surface area (Å²) in [5.74, 6) is -0.303. The van der Waals surface area contributed by atoms with Gasteiger partial charge in [-0.2, -0.15) is 0 Å². The number of carboxylic acid groups (broad SMARTS) is 1. The predicted octanol–water partition coefficient (Wildman–Crippen LogP) is 2.55. The molecule has 0 atom stereocenters. The van der Waals surface area contributed by atoms with E-state index in [1.54, 1.807) is 19.1 Å². The first-order valence-corrected chi connectivity index (χ1v) is 7.17. The third-order valence-corrected chi connectivity index (χ3v) is 4.22. The molecule has 1 saturated carbocycles. The van der Waals surface area contributed by atoms with E-state index < -0.39 is 5.97 Å². The minimum absolute atomic E-state index is 0.0593. The van der Waals surface area contributed by atoms with E-state index in [1.165, 1.54) is 0 Å². The molecule has 1 fully saturated rings. The number of amides is 1. The fraction of sp³-hybridized carbons (Fsp3) is 0.500. The van der Waals surface area contributed by atoms with Gasteiger partial charge in [-0.25, -0.2) is 0 Å². The molecule has 1 N–H and O–H groups in total. The van der Waals surface area contributed by atoms with Crippen LogP contribution in [0.3, 0.4) is 0 Å². The van der Waals surface area contributed by atoms with E-state index in [9.17, 15) is 9.59 Å². The van der Waals surface area contributed by atoms with Gasteiger partial charge in [-0.3, -0.25) is 9.59 Å². The van der Waals surface area contributed by atoms with Crippen molar-refractivity contribution in [2.24, 2.45) is 11.8 Å². The molecule has 5 heteroatoms. The van der Waals surface area contributed by atoms with Gasteiger partial charge in [0.2, 0.25) is 5.91 Å². The molecule has 0 aliphatic heterocycles. The standard InChI is InChI=1S/C16H21NO4/c1-17(13-7-9-14(21-2)10-8-13)15(18)11-3-5-12(6-4-11)16(19)20/h7-12H,3-6H2,1-2H3,(H,19,20). The Labute approximate surface area is 124 Å². The maximum atomic E-state index is 12.5. The molecule has 1 aliphatic rings. The summed E-state index contributed by atoms with van der Waals surface area (Å²) in [5, 5.41) is 8.99. The van der Waals surface area contributed by atoms with Crippen molar-refractivity contribution in [3.05, 3.63) is 24.3 Å². The molecule has 0 aromatic heterocycles. The average molecular weight is 291 g/mol. The van der Waals surface area contributed by atoms with E-state index >= 15 is 0 Å². The molecule has 1 aromatic rings. The first-order chi connectivity index (χ1) is 10.0. The summed E-state index contributed by atoms with van der Waals surface area (Å²) in [6, 6.07) is 7.33. The van der Waals surface area contributed by atoms with Crippen LogP contribution in [-0.2, 0) is 9.59 Å². The van der Waals surface area contributed by atoms with Crippen molar-refractivity contribution in [2.45, 2.75) is 25.7 Å². The molecule has 114 valence electrons. The van der Waals surface area contributed by atoms with Crippen LogP contribution >= 0.6 is 0 Å². The van der Waals surface area contributed by atoms with Crippen molar-refractivity contribution in [1.82, 2.24) is 0 Å². The number of carbonyl (C=O) groups excluding carboxylic acids is 1. The summed E-state index contributed by atoms with van der Waals surface area (Å²) < 4.78 is 5.10. The zero-order chi connectivity index (χ0) is 15.4. The number of hydrogen-bond donors (Lipinski definition) is 1. The van der Waals surface area contributed by atoms with Crippen LogP contribution in [0.1, 0.15) is 25.7 Å². The largest absolute Gasteiger partial charge is 0.497 e. The molecule has 1 amide bonds. The van der Waals surface area contributed by atoms with Crippen LogP contribution in [0, 0.1) is 11.8 Å². The minimum Gasteiger partial charge on any atom is -0.497 e. The normalized spacial score (nSPS) is 21.6. The van der Waals surface area contributed by atoms with Crippen molar-refractivity contribution >= 4 is 17.6 Å². The highest BCUT2D eigenvalue weighted by Gasteiger charge is 2.31. The highest BCUT2D eigenvalue weighted by Crippen LogP contribution is 2.31. The Morgan fingerprint density at radius 3 is 2.10 bits per heavy atom. The smallest absolute Gasteiger partial charge is 0.306 e. The Hall–Kier alpha value is -2.04. The van der Waals surface area contributed by atoms with Crippen LogP contribution in [-0.4, -0.2) is 31.1 Å². The molecule has 0 unspecified atom stereocenters. The minimum atomic E-state index is -0.746. The second-order valence-electron chi connectivity index (χ2n) is 5.48. The molecule has 0 radical (unpaired) electrons. The maximum Gasteiger partial charge on any atom is 0.306 e. The zero-order valence-electron chi connectivity index (χ0n) is 12.4. The lowest BCUT2D eigenvalue weighted by atomic mass is 9.81. The van der Waals surface area contributed by atoms with Gasteiger partial charge in [0.25, 0.3) is 0 Å². The van der Waals surface area contributed by atoms with Crippen molar-refractivity contribution in [2.75, 3.05) is 19.1 Å². The van der Waals surface area contributed by atoms with Gasteiger partial charge in [-0.15, -0.1) is 0 Å². The predicted molar refractivity (Wildman–Crippen MR) is 79.5 cm³/mol. The Kier molecular flexibility index (Phi) is 4.83. The molecule has 1 aromatic carbocycles. The Morgan fingerprint density at radius 1 is 1.10 bits per heavy atom. The topological polar surface area (TPSA) is 66.8 Å². The number of benzene rings is 1. The second-order valence-corrected chi connectivity index (χ2v) is 5.48. The van der Waals surface area contributed by atoms with E-state index in [1.807, 2.05) is 24.3 Å². The number of carbonyl (C=O) groups is 2. The van der Waals surface area contributed by atoms with Crippen LogP contribution in [0.4, 0.5) is 5.69 Å². The number of methoxy groups -OCH3 is 1. The van der Waals surface area contributed by atoms with Gasteiger partial charge >= 0.3 is 5.97 Å². The third kappa shape index (κ3) is 3.54. The lowest BCUT2D eigenvalue weighted by Gasteiger charge is -2.29. The molecule has 1 aliphatic carbocycles. The molecular weight excluding hydrogens is 270 g/mol. The van der Waals surface area contributed by atoms with Gasteiger partial charge in [0.1, 0.15) is 5.75 Å². The number of rotatable bonds is 4. The number of aliphatic carboxylic acids is 1. The Bertz CT molecular complexity index is 504. The summed E-state index contributed by atoms with van der Waals surface area (Å²) in [5.41, 5.74) is 0.821. The third-order valence-electron chi connectivity index (χ3n) is 4.22. The fourth-order valence-corrected chi connectivity index (χ4v) is 2.79. The van der Waals surface area contributed by atoms with Crippen LogP contribution < -0.4 is 9.64 Å². The van der Waals surface area contributed by atoms with Crippen LogP contribution in [0.2, 0.25) is 0 Å². The number of carboxylic acids is 1. The number of nitrogens with zero attached hydrogens (tertiary/aromatic N) is 1. The molecule has 5 nitrogen and oxygen atoms in total. The molecule has 0 spiro atoms. The SMILES string of the molecule is COc1ccc(N(C)C(=O)C2CCC(C(=O)O)CC2)cc1. The van der Waals surface area contributed by atoms with Gasteiger partial charge in [0.05, 0.1) is 13.0 Å². The van der Waals surface area contributed by atoms with E-state index in [2.05, 4.69) is 0 Å². The van der Waals surface area contributed by atoms with Crippen LogP contribution in [0.25, 0.3) is 0 Å². The van der Waals surface area contributed by atoms with Gasteiger partial charge in [-0.05, 0) is 49.9 Å². The molecule has 0 bridgehead atoms. The van der Waals surface area contributed by atoms with Crippen LogP contribution in [0.15, 0.2) is 24.3 Å². The Morgan fingerprint density at radius 2 is 1.62 bits per heavy atom. The number of anilines is 1. The first-order valence-electron chi connectivity index (χ1n) is 7.17. The van der Waals surface area contributed by atoms with Crippen molar-refractivity contribution in [3.8, 4) is 5.75 Å².